The summed E-state index contributed by atoms with van der Waals surface area (Å²) in [7, 11) is -7.39. The van der Waals surface area contributed by atoms with E-state index < -0.39 is 30.4 Å². The SMILES string of the molecule is CC(C)(CNS(=O)(=O)c1ccc(F)c(N)c1)S(C)(=O)=O. The molecular formula is C11H17FN2O4S2. The van der Waals surface area contributed by atoms with Crippen LogP contribution in [0.2, 0.25) is 0 Å². The van der Waals surface area contributed by atoms with Crippen LogP contribution in [0, 0.1) is 5.82 Å². The van der Waals surface area contributed by atoms with Gasteiger partial charge in [0.15, 0.2) is 9.84 Å². The van der Waals surface area contributed by atoms with Gasteiger partial charge in [0, 0.05) is 12.8 Å². The van der Waals surface area contributed by atoms with Gasteiger partial charge in [-0.15, -0.1) is 0 Å². The molecule has 0 aliphatic rings. The monoisotopic (exact) mass is 324 g/mol. The van der Waals surface area contributed by atoms with Gasteiger partial charge in [0.05, 0.1) is 15.3 Å². The summed E-state index contributed by atoms with van der Waals surface area (Å²) in [6.07, 6.45) is 1.02. The van der Waals surface area contributed by atoms with Crippen LogP contribution in [0.4, 0.5) is 10.1 Å². The van der Waals surface area contributed by atoms with E-state index >= 15 is 0 Å². The van der Waals surface area contributed by atoms with E-state index in [-0.39, 0.29) is 17.1 Å². The van der Waals surface area contributed by atoms with Gasteiger partial charge in [-0.1, -0.05) is 0 Å². The molecule has 1 aromatic carbocycles. The molecular weight excluding hydrogens is 307 g/mol. The lowest BCUT2D eigenvalue weighted by molar-refractivity contribution is 0.537. The molecule has 0 heterocycles. The lowest BCUT2D eigenvalue weighted by Crippen LogP contribution is -2.43. The highest BCUT2D eigenvalue weighted by Crippen LogP contribution is 2.18. The Kier molecular flexibility index (Phi) is 4.47. The molecule has 0 amide bonds. The first-order valence-corrected chi connectivity index (χ1v) is 8.98. The Morgan fingerprint density at radius 1 is 1.25 bits per heavy atom. The van der Waals surface area contributed by atoms with Crippen molar-refractivity contribution in [2.75, 3.05) is 18.5 Å². The predicted octanol–water partition coefficient (Wildman–Crippen LogP) is 0.509. The average molecular weight is 324 g/mol. The maximum absolute atomic E-state index is 13.0. The minimum Gasteiger partial charge on any atom is -0.396 e. The highest BCUT2D eigenvalue weighted by atomic mass is 32.2. The van der Waals surface area contributed by atoms with E-state index in [9.17, 15) is 21.2 Å². The second kappa shape index (κ2) is 5.30. The highest BCUT2D eigenvalue weighted by molar-refractivity contribution is 7.92. The van der Waals surface area contributed by atoms with Crippen molar-refractivity contribution in [3.8, 4) is 0 Å². The Bertz CT molecular complexity index is 712. The number of nitrogens with one attached hydrogen (secondary N) is 1. The molecule has 0 saturated carbocycles. The molecule has 0 bridgehead atoms. The number of nitrogen functional groups attached to an aromatic ring is 1. The topological polar surface area (TPSA) is 106 Å². The van der Waals surface area contributed by atoms with Crippen molar-refractivity contribution in [3.63, 3.8) is 0 Å². The molecule has 3 N–H and O–H groups in total. The van der Waals surface area contributed by atoms with Crippen molar-refractivity contribution >= 4 is 25.5 Å². The standard InChI is InChI=1S/C11H17FN2O4S2/c1-11(2,19(3,15)16)7-14-20(17,18)8-4-5-9(12)10(13)6-8/h4-6,14H,7,13H2,1-3H3. The minimum absolute atomic E-state index is 0.222. The molecule has 0 spiro atoms. The molecule has 1 aromatic rings. The molecule has 0 radical (unpaired) electrons. The smallest absolute Gasteiger partial charge is 0.240 e. The number of benzene rings is 1. The summed E-state index contributed by atoms with van der Waals surface area (Å²) in [5.74, 6) is -0.722. The van der Waals surface area contributed by atoms with Crippen molar-refractivity contribution in [1.82, 2.24) is 4.72 Å². The van der Waals surface area contributed by atoms with Crippen molar-refractivity contribution < 1.29 is 21.2 Å². The first kappa shape index (κ1) is 16.9. The molecule has 0 aromatic heterocycles. The number of anilines is 1. The van der Waals surface area contributed by atoms with Crippen LogP contribution in [0.25, 0.3) is 0 Å². The van der Waals surface area contributed by atoms with E-state index in [0.29, 0.717) is 0 Å². The molecule has 20 heavy (non-hydrogen) atoms. The lowest BCUT2D eigenvalue weighted by atomic mass is 10.2. The third-order valence-electron chi connectivity index (χ3n) is 2.97. The summed E-state index contributed by atoms with van der Waals surface area (Å²) >= 11 is 0. The van der Waals surface area contributed by atoms with Gasteiger partial charge in [-0.25, -0.2) is 25.9 Å². The molecule has 0 fully saturated rings. The van der Waals surface area contributed by atoms with E-state index in [1.165, 1.54) is 13.8 Å². The van der Waals surface area contributed by atoms with E-state index in [2.05, 4.69) is 4.72 Å². The lowest BCUT2D eigenvalue weighted by Gasteiger charge is -2.22. The quantitative estimate of drug-likeness (QED) is 0.768. The van der Waals surface area contributed by atoms with E-state index in [1.54, 1.807) is 0 Å². The van der Waals surface area contributed by atoms with Crippen LogP contribution in [-0.2, 0) is 19.9 Å². The van der Waals surface area contributed by atoms with Crippen LogP contribution in [0.3, 0.4) is 0 Å². The third-order valence-corrected chi connectivity index (χ3v) is 6.52. The first-order chi connectivity index (χ1) is 8.87. The fraction of sp³-hybridized carbons (Fsp3) is 0.455. The van der Waals surface area contributed by atoms with Gasteiger partial charge < -0.3 is 5.73 Å². The van der Waals surface area contributed by atoms with Gasteiger partial charge in [0.2, 0.25) is 10.0 Å². The molecule has 9 heteroatoms. The molecule has 0 aliphatic carbocycles. The van der Waals surface area contributed by atoms with Gasteiger partial charge >= 0.3 is 0 Å². The van der Waals surface area contributed by atoms with Crippen molar-refractivity contribution in [1.29, 1.82) is 0 Å². The second-order valence-electron chi connectivity index (χ2n) is 5.04. The fourth-order valence-electron chi connectivity index (χ4n) is 1.17. The zero-order valence-corrected chi connectivity index (χ0v) is 13.0. The van der Waals surface area contributed by atoms with Crippen LogP contribution in [-0.4, -0.2) is 34.4 Å². The normalized spacial score (nSPS) is 13.4. The number of sulfone groups is 1. The Morgan fingerprint density at radius 3 is 2.25 bits per heavy atom. The zero-order valence-electron chi connectivity index (χ0n) is 11.3. The summed E-state index contributed by atoms with van der Waals surface area (Å²) in [4.78, 5) is -0.222. The Labute approximate surface area is 118 Å². The number of hydrogen-bond acceptors (Lipinski definition) is 5. The number of sulfonamides is 1. The zero-order chi connectivity index (χ0) is 15.8. The minimum atomic E-state index is -3.95. The molecule has 114 valence electrons. The highest BCUT2D eigenvalue weighted by Gasteiger charge is 2.32. The number of hydrogen-bond donors (Lipinski definition) is 2. The molecule has 1 rings (SSSR count). The predicted molar refractivity (Wildman–Crippen MR) is 74.9 cm³/mol. The molecule has 0 saturated heterocycles. The molecule has 6 nitrogen and oxygen atoms in total. The first-order valence-electron chi connectivity index (χ1n) is 5.61. The fourth-order valence-corrected chi connectivity index (χ4v) is 2.84. The van der Waals surface area contributed by atoms with Gasteiger partial charge in [-0.05, 0) is 32.0 Å². The maximum atomic E-state index is 13.0. The van der Waals surface area contributed by atoms with E-state index in [1.807, 2.05) is 0 Å². The van der Waals surface area contributed by atoms with Crippen molar-refractivity contribution in [2.24, 2.45) is 0 Å². The summed E-state index contributed by atoms with van der Waals surface area (Å²) in [5.41, 5.74) is 5.01. The Morgan fingerprint density at radius 2 is 1.80 bits per heavy atom. The Hall–Kier alpha value is -1.19. The van der Waals surface area contributed by atoms with Gasteiger partial charge in [0.25, 0.3) is 0 Å². The van der Waals surface area contributed by atoms with Crippen molar-refractivity contribution in [3.05, 3.63) is 24.0 Å². The van der Waals surface area contributed by atoms with Crippen LogP contribution in [0.15, 0.2) is 23.1 Å². The third kappa shape index (κ3) is 3.68. The summed E-state index contributed by atoms with van der Waals surface area (Å²) in [6, 6.07) is 2.97. The van der Waals surface area contributed by atoms with Crippen molar-refractivity contribution in [2.45, 2.75) is 23.5 Å². The number of rotatable bonds is 5. The van der Waals surface area contributed by atoms with Crippen LogP contribution >= 0.6 is 0 Å². The van der Waals surface area contributed by atoms with Crippen LogP contribution in [0.1, 0.15) is 13.8 Å². The van der Waals surface area contributed by atoms with Gasteiger partial charge in [0.1, 0.15) is 5.82 Å². The molecule has 0 atom stereocenters. The van der Waals surface area contributed by atoms with Gasteiger partial charge in [-0.3, -0.25) is 0 Å². The number of nitrogens with two attached hydrogens (primary N) is 1. The molecule has 0 unspecified atom stereocenters. The largest absolute Gasteiger partial charge is 0.396 e. The van der Waals surface area contributed by atoms with Crippen LogP contribution in [0.5, 0.6) is 0 Å². The van der Waals surface area contributed by atoms with Crippen LogP contribution < -0.4 is 10.5 Å². The van der Waals surface area contributed by atoms with E-state index in [4.69, 9.17) is 5.73 Å². The molecule has 0 aliphatic heterocycles. The van der Waals surface area contributed by atoms with E-state index in [0.717, 1.165) is 24.5 Å². The Balaban J connectivity index is 3.00. The maximum Gasteiger partial charge on any atom is 0.240 e. The second-order valence-corrected chi connectivity index (χ2v) is 9.46. The van der Waals surface area contributed by atoms with Gasteiger partial charge in [-0.2, -0.15) is 0 Å². The summed E-state index contributed by atoms with van der Waals surface area (Å²) in [6.45, 7) is 2.51. The summed E-state index contributed by atoms with van der Waals surface area (Å²) < 4.78 is 60.9. The summed E-state index contributed by atoms with van der Waals surface area (Å²) in [5, 5.41) is 0. The number of halogens is 1. The average Bonchev–Trinajstić information content (AvgIpc) is 2.29.